The molecule has 104 valence electrons. The standard InChI is InChI=1S/C15H21FN2O/c1-10-7-8-13(9-14(10)16)17-11(2)15(19)18-12-5-3-4-6-12/h7-9,11-12,17H,3-6H2,1-2H3,(H,18,19)/t11-/m1/s1. The molecule has 1 aromatic rings. The van der Waals surface area contributed by atoms with E-state index in [-0.39, 0.29) is 17.8 Å². The molecule has 1 aliphatic rings. The maximum Gasteiger partial charge on any atom is 0.242 e. The first kappa shape index (κ1) is 13.8. The number of carbonyl (C=O) groups is 1. The Bertz CT molecular complexity index is 455. The molecule has 2 N–H and O–H groups in total. The number of carbonyl (C=O) groups excluding carboxylic acids is 1. The van der Waals surface area contributed by atoms with Crippen molar-refractivity contribution in [1.82, 2.24) is 5.32 Å². The molecule has 19 heavy (non-hydrogen) atoms. The number of rotatable bonds is 4. The summed E-state index contributed by atoms with van der Waals surface area (Å²) >= 11 is 0. The Labute approximate surface area is 113 Å². The highest BCUT2D eigenvalue weighted by Crippen LogP contribution is 2.18. The van der Waals surface area contributed by atoms with Gasteiger partial charge in [-0.25, -0.2) is 4.39 Å². The van der Waals surface area contributed by atoms with Crippen LogP contribution in [0.5, 0.6) is 0 Å². The molecule has 1 saturated carbocycles. The highest BCUT2D eigenvalue weighted by Gasteiger charge is 2.20. The Kier molecular flexibility index (Phi) is 4.40. The van der Waals surface area contributed by atoms with E-state index in [0.717, 1.165) is 12.8 Å². The molecule has 0 heterocycles. The molecular weight excluding hydrogens is 243 g/mol. The van der Waals surface area contributed by atoms with Gasteiger partial charge in [0.15, 0.2) is 0 Å². The molecule has 4 heteroatoms. The normalized spacial score (nSPS) is 17.2. The lowest BCUT2D eigenvalue weighted by Gasteiger charge is -2.18. The summed E-state index contributed by atoms with van der Waals surface area (Å²) in [5, 5.41) is 6.06. The first-order valence-corrected chi connectivity index (χ1v) is 6.89. The molecular formula is C15H21FN2O. The van der Waals surface area contributed by atoms with Gasteiger partial charge in [-0.2, -0.15) is 0 Å². The summed E-state index contributed by atoms with van der Waals surface area (Å²) in [6.07, 6.45) is 4.51. The van der Waals surface area contributed by atoms with E-state index in [4.69, 9.17) is 0 Å². The van der Waals surface area contributed by atoms with Crippen LogP contribution in [0.15, 0.2) is 18.2 Å². The van der Waals surface area contributed by atoms with Gasteiger partial charge in [0.25, 0.3) is 0 Å². The first-order valence-electron chi connectivity index (χ1n) is 6.89. The minimum Gasteiger partial charge on any atom is -0.374 e. The zero-order valence-corrected chi connectivity index (χ0v) is 11.5. The predicted molar refractivity (Wildman–Crippen MR) is 74.6 cm³/mol. The lowest BCUT2D eigenvalue weighted by Crippen LogP contribution is -2.42. The van der Waals surface area contributed by atoms with Gasteiger partial charge in [-0.3, -0.25) is 4.79 Å². The molecule has 0 aromatic heterocycles. The number of hydrogen-bond acceptors (Lipinski definition) is 2. The molecule has 0 saturated heterocycles. The third-order valence-electron chi connectivity index (χ3n) is 3.65. The van der Waals surface area contributed by atoms with E-state index in [0.29, 0.717) is 17.3 Å². The van der Waals surface area contributed by atoms with Crippen LogP contribution in [-0.4, -0.2) is 18.0 Å². The van der Waals surface area contributed by atoms with Gasteiger partial charge < -0.3 is 10.6 Å². The Hall–Kier alpha value is -1.58. The van der Waals surface area contributed by atoms with Crippen molar-refractivity contribution in [2.45, 2.75) is 51.6 Å². The average Bonchev–Trinajstić information content (AvgIpc) is 2.86. The number of nitrogens with one attached hydrogen (secondary N) is 2. The van der Waals surface area contributed by atoms with E-state index in [1.807, 2.05) is 0 Å². The van der Waals surface area contributed by atoms with Gasteiger partial charge >= 0.3 is 0 Å². The van der Waals surface area contributed by atoms with Crippen LogP contribution in [0, 0.1) is 12.7 Å². The number of halogens is 1. The van der Waals surface area contributed by atoms with Crippen LogP contribution in [0.3, 0.4) is 0 Å². The number of benzene rings is 1. The van der Waals surface area contributed by atoms with Gasteiger partial charge in [0.05, 0.1) is 0 Å². The number of aryl methyl sites for hydroxylation is 1. The van der Waals surface area contributed by atoms with E-state index in [2.05, 4.69) is 10.6 Å². The van der Waals surface area contributed by atoms with Crippen molar-refractivity contribution in [3.63, 3.8) is 0 Å². The summed E-state index contributed by atoms with van der Waals surface area (Å²) in [7, 11) is 0. The van der Waals surface area contributed by atoms with Crippen LogP contribution in [0.25, 0.3) is 0 Å². The zero-order chi connectivity index (χ0) is 13.8. The van der Waals surface area contributed by atoms with Crippen LogP contribution in [0.4, 0.5) is 10.1 Å². The van der Waals surface area contributed by atoms with E-state index < -0.39 is 0 Å². The third kappa shape index (κ3) is 3.69. The SMILES string of the molecule is Cc1ccc(N[C@H](C)C(=O)NC2CCCC2)cc1F. The zero-order valence-electron chi connectivity index (χ0n) is 11.5. The Morgan fingerprint density at radius 3 is 2.68 bits per heavy atom. The van der Waals surface area contributed by atoms with Crippen LogP contribution in [0.1, 0.15) is 38.2 Å². The highest BCUT2D eigenvalue weighted by molar-refractivity contribution is 5.84. The summed E-state index contributed by atoms with van der Waals surface area (Å²) in [5.41, 5.74) is 1.24. The molecule has 1 amide bonds. The van der Waals surface area contributed by atoms with Crippen molar-refractivity contribution in [1.29, 1.82) is 0 Å². The summed E-state index contributed by atoms with van der Waals surface area (Å²) in [6.45, 7) is 3.51. The van der Waals surface area contributed by atoms with Crippen LogP contribution < -0.4 is 10.6 Å². The van der Waals surface area contributed by atoms with Gasteiger partial charge in [-0.05, 0) is 44.4 Å². The monoisotopic (exact) mass is 264 g/mol. The van der Waals surface area contributed by atoms with Crippen molar-refractivity contribution in [3.05, 3.63) is 29.6 Å². The smallest absolute Gasteiger partial charge is 0.242 e. The quantitative estimate of drug-likeness (QED) is 0.877. The van der Waals surface area contributed by atoms with Gasteiger partial charge in [0.2, 0.25) is 5.91 Å². The molecule has 1 aliphatic carbocycles. The lowest BCUT2D eigenvalue weighted by atomic mass is 10.2. The van der Waals surface area contributed by atoms with Crippen molar-refractivity contribution in [3.8, 4) is 0 Å². The molecule has 0 spiro atoms. The van der Waals surface area contributed by atoms with Gasteiger partial charge in [-0.15, -0.1) is 0 Å². The first-order chi connectivity index (χ1) is 9.06. The molecule has 0 unspecified atom stereocenters. The summed E-state index contributed by atoms with van der Waals surface area (Å²) in [6, 6.07) is 4.88. The van der Waals surface area contributed by atoms with E-state index in [9.17, 15) is 9.18 Å². The molecule has 2 rings (SSSR count). The fraction of sp³-hybridized carbons (Fsp3) is 0.533. The number of anilines is 1. The van der Waals surface area contributed by atoms with E-state index in [1.165, 1.54) is 18.9 Å². The molecule has 1 fully saturated rings. The minimum absolute atomic E-state index is 0.0205. The van der Waals surface area contributed by atoms with Gasteiger partial charge in [-0.1, -0.05) is 18.9 Å². The summed E-state index contributed by atoms with van der Waals surface area (Å²) in [5.74, 6) is -0.277. The fourth-order valence-corrected chi connectivity index (χ4v) is 2.39. The lowest BCUT2D eigenvalue weighted by molar-refractivity contribution is -0.122. The maximum atomic E-state index is 13.4. The topological polar surface area (TPSA) is 41.1 Å². The second-order valence-corrected chi connectivity index (χ2v) is 5.32. The second-order valence-electron chi connectivity index (χ2n) is 5.32. The molecule has 1 aromatic carbocycles. The average molecular weight is 264 g/mol. The third-order valence-corrected chi connectivity index (χ3v) is 3.65. The fourth-order valence-electron chi connectivity index (χ4n) is 2.39. The van der Waals surface area contributed by atoms with Crippen LogP contribution in [0.2, 0.25) is 0 Å². The van der Waals surface area contributed by atoms with Gasteiger partial charge in [0.1, 0.15) is 11.9 Å². The largest absolute Gasteiger partial charge is 0.374 e. The number of hydrogen-bond donors (Lipinski definition) is 2. The molecule has 0 radical (unpaired) electrons. The molecule has 0 aliphatic heterocycles. The predicted octanol–water partition coefficient (Wildman–Crippen LogP) is 2.99. The number of amides is 1. The van der Waals surface area contributed by atoms with Crippen LogP contribution in [-0.2, 0) is 4.79 Å². The molecule has 1 atom stereocenters. The molecule has 0 bridgehead atoms. The van der Waals surface area contributed by atoms with E-state index >= 15 is 0 Å². The second kappa shape index (κ2) is 6.04. The van der Waals surface area contributed by atoms with Crippen molar-refractivity contribution in [2.75, 3.05) is 5.32 Å². The van der Waals surface area contributed by atoms with Crippen molar-refractivity contribution >= 4 is 11.6 Å². The van der Waals surface area contributed by atoms with Crippen LogP contribution >= 0.6 is 0 Å². The maximum absolute atomic E-state index is 13.4. The van der Waals surface area contributed by atoms with Gasteiger partial charge in [0, 0.05) is 11.7 Å². The summed E-state index contributed by atoms with van der Waals surface area (Å²) in [4.78, 5) is 12.0. The Morgan fingerprint density at radius 1 is 1.37 bits per heavy atom. The van der Waals surface area contributed by atoms with E-state index in [1.54, 1.807) is 26.0 Å². The van der Waals surface area contributed by atoms with Crippen molar-refractivity contribution < 1.29 is 9.18 Å². The summed E-state index contributed by atoms with van der Waals surface area (Å²) < 4.78 is 13.4. The Morgan fingerprint density at radius 2 is 2.05 bits per heavy atom. The Balaban J connectivity index is 1.90. The highest BCUT2D eigenvalue weighted by atomic mass is 19.1. The minimum atomic E-state index is -0.359. The van der Waals surface area contributed by atoms with Crippen molar-refractivity contribution in [2.24, 2.45) is 0 Å². The molecule has 3 nitrogen and oxygen atoms in total.